The number of rotatable bonds is 4. The topological polar surface area (TPSA) is 39.9 Å². The van der Waals surface area contributed by atoms with E-state index in [2.05, 4.69) is 27.8 Å². The molecule has 23 heavy (non-hydrogen) atoms. The predicted molar refractivity (Wildman–Crippen MR) is 103 cm³/mol. The third-order valence-corrected chi connectivity index (χ3v) is 4.52. The quantitative estimate of drug-likeness (QED) is 0.571. The van der Waals surface area contributed by atoms with Crippen molar-refractivity contribution < 1.29 is 0 Å². The van der Waals surface area contributed by atoms with E-state index in [1.807, 2.05) is 24.4 Å². The van der Waals surface area contributed by atoms with Gasteiger partial charge < -0.3 is 15.6 Å². The molecule has 0 saturated carbocycles. The number of anilines is 1. The lowest BCUT2D eigenvalue weighted by molar-refractivity contribution is 0.878. The van der Waals surface area contributed by atoms with Crippen molar-refractivity contribution in [2.75, 3.05) is 11.9 Å². The summed E-state index contributed by atoms with van der Waals surface area (Å²) in [5.74, 6) is 0. The van der Waals surface area contributed by atoms with E-state index in [9.17, 15) is 0 Å². The van der Waals surface area contributed by atoms with Crippen LogP contribution in [0.3, 0.4) is 0 Å². The highest BCUT2D eigenvalue weighted by Crippen LogP contribution is 2.25. The highest BCUT2D eigenvalue weighted by atomic mass is 35.5. The lowest BCUT2D eigenvalue weighted by Crippen LogP contribution is -2.30. The number of fused-ring (bicyclic) bond motifs is 1. The van der Waals surface area contributed by atoms with Gasteiger partial charge >= 0.3 is 0 Å². The number of H-pyrrole nitrogens is 1. The van der Waals surface area contributed by atoms with Crippen LogP contribution in [0.4, 0.5) is 5.69 Å². The van der Waals surface area contributed by atoms with Gasteiger partial charge in [0.05, 0.1) is 10.0 Å². The Kier molecular flexibility index (Phi) is 5.06. The van der Waals surface area contributed by atoms with Crippen LogP contribution in [0, 0.1) is 0 Å². The molecule has 3 rings (SSSR count). The average molecular weight is 364 g/mol. The second-order valence-corrected chi connectivity index (χ2v) is 6.34. The molecule has 1 aromatic heterocycles. The largest absolute Gasteiger partial charge is 0.362 e. The normalized spacial score (nSPS) is 10.7. The van der Waals surface area contributed by atoms with Crippen LogP contribution in [-0.4, -0.2) is 16.6 Å². The maximum Gasteiger partial charge on any atom is 0.170 e. The minimum absolute atomic E-state index is 0.498. The lowest BCUT2D eigenvalue weighted by Gasteiger charge is -2.11. The van der Waals surface area contributed by atoms with Gasteiger partial charge in [0.2, 0.25) is 0 Å². The summed E-state index contributed by atoms with van der Waals surface area (Å²) in [6.07, 6.45) is 2.93. The van der Waals surface area contributed by atoms with Crippen LogP contribution in [0.15, 0.2) is 48.7 Å². The van der Waals surface area contributed by atoms with Crippen LogP contribution in [0.5, 0.6) is 0 Å². The number of aromatic amines is 1. The zero-order chi connectivity index (χ0) is 16.2. The summed E-state index contributed by atoms with van der Waals surface area (Å²) in [5, 5.41) is 9.12. The Labute approximate surface area is 150 Å². The number of hydrogen-bond donors (Lipinski definition) is 3. The van der Waals surface area contributed by atoms with Gasteiger partial charge in [0.1, 0.15) is 0 Å². The van der Waals surface area contributed by atoms with Crippen molar-refractivity contribution in [3.05, 3.63) is 64.3 Å². The highest BCUT2D eigenvalue weighted by Gasteiger charge is 2.04. The lowest BCUT2D eigenvalue weighted by atomic mass is 10.1. The molecule has 3 nitrogen and oxygen atoms in total. The Morgan fingerprint density at radius 2 is 1.91 bits per heavy atom. The second-order valence-electron chi connectivity index (χ2n) is 5.12. The Bertz CT molecular complexity index is 845. The van der Waals surface area contributed by atoms with E-state index in [1.54, 1.807) is 12.1 Å². The molecule has 3 N–H and O–H groups in total. The van der Waals surface area contributed by atoms with Crippen molar-refractivity contribution >= 4 is 57.1 Å². The van der Waals surface area contributed by atoms with Gasteiger partial charge in [-0.15, -0.1) is 0 Å². The summed E-state index contributed by atoms with van der Waals surface area (Å²) >= 11 is 17.2. The predicted octanol–water partition coefficient (Wildman–Crippen LogP) is 5.00. The smallest absolute Gasteiger partial charge is 0.170 e. The van der Waals surface area contributed by atoms with Gasteiger partial charge in [-0.1, -0.05) is 41.4 Å². The molecular weight excluding hydrogens is 349 g/mol. The first-order valence-electron chi connectivity index (χ1n) is 7.18. The van der Waals surface area contributed by atoms with Crippen molar-refractivity contribution in [2.45, 2.75) is 6.42 Å². The molecule has 0 aliphatic rings. The first kappa shape index (κ1) is 16.1. The molecule has 0 atom stereocenters. The molecule has 0 amide bonds. The van der Waals surface area contributed by atoms with Gasteiger partial charge in [-0.2, -0.15) is 0 Å². The van der Waals surface area contributed by atoms with E-state index < -0.39 is 0 Å². The third kappa shape index (κ3) is 3.96. The molecule has 0 unspecified atom stereocenters. The van der Waals surface area contributed by atoms with Crippen LogP contribution >= 0.6 is 35.4 Å². The molecular formula is C17H15Cl2N3S. The molecule has 0 saturated heterocycles. The van der Waals surface area contributed by atoms with Crippen LogP contribution in [0.1, 0.15) is 5.56 Å². The first-order valence-corrected chi connectivity index (χ1v) is 8.35. The number of para-hydroxylation sites is 1. The van der Waals surface area contributed by atoms with Gasteiger partial charge in [0, 0.05) is 29.3 Å². The van der Waals surface area contributed by atoms with Gasteiger partial charge in [-0.05, 0) is 48.5 Å². The van der Waals surface area contributed by atoms with Crippen molar-refractivity contribution in [3.63, 3.8) is 0 Å². The van der Waals surface area contributed by atoms with Crippen LogP contribution in [-0.2, 0) is 6.42 Å². The van der Waals surface area contributed by atoms with Crippen LogP contribution < -0.4 is 10.6 Å². The molecule has 0 aliphatic heterocycles. The standard InChI is InChI=1S/C17H15Cl2N3S/c18-14-6-5-12(9-15(14)19)22-17(23)20-8-7-11-10-21-16-4-2-1-3-13(11)16/h1-6,9-10,21H,7-8H2,(H2,20,22,23). The second kappa shape index (κ2) is 7.21. The molecule has 0 fully saturated rings. The molecule has 0 aliphatic carbocycles. The molecule has 6 heteroatoms. The summed E-state index contributed by atoms with van der Waals surface area (Å²) in [6.45, 7) is 0.745. The van der Waals surface area contributed by atoms with E-state index in [0.29, 0.717) is 15.2 Å². The molecule has 2 aromatic carbocycles. The number of nitrogens with one attached hydrogen (secondary N) is 3. The minimum Gasteiger partial charge on any atom is -0.362 e. The third-order valence-electron chi connectivity index (χ3n) is 3.53. The van der Waals surface area contributed by atoms with Crippen molar-refractivity contribution in [3.8, 4) is 0 Å². The Morgan fingerprint density at radius 3 is 2.74 bits per heavy atom. The van der Waals surface area contributed by atoms with Crippen LogP contribution in [0.2, 0.25) is 10.0 Å². The zero-order valence-corrected chi connectivity index (χ0v) is 14.5. The maximum absolute atomic E-state index is 5.99. The van der Waals surface area contributed by atoms with Crippen molar-refractivity contribution in [2.24, 2.45) is 0 Å². The molecule has 3 aromatic rings. The molecule has 0 radical (unpaired) electrons. The molecule has 0 spiro atoms. The fourth-order valence-corrected chi connectivity index (χ4v) is 2.92. The summed E-state index contributed by atoms with van der Waals surface area (Å²) in [4.78, 5) is 3.27. The maximum atomic E-state index is 5.99. The number of aromatic nitrogens is 1. The SMILES string of the molecule is S=C(NCCc1c[nH]c2ccccc12)Nc1ccc(Cl)c(Cl)c1. The first-order chi connectivity index (χ1) is 11.1. The van der Waals surface area contributed by atoms with Crippen LogP contribution in [0.25, 0.3) is 10.9 Å². The number of benzene rings is 2. The van der Waals surface area contributed by atoms with E-state index in [0.717, 1.165) is 24.2 Å². The Balaban J connectivity index is 1.54. The summed E-state index contributed by atoms with van der Waals surface area (Å²) < 4.78 is 0. The van der Waals surface area contributed by atoms with E-state index in [1.165, 1.54) is 10.9 Å². The Morgan fingerprint density at radius 1 is 1.09 bits per heavy atom. The summed E-state index contributed by atoms with van der Waals surface area (Å²) in [5.41, 5.74) is 3.23. The average Bonchev–Trinajstić information content (AvgIpc) is 2.94. The van der Waals surface area contributed by atoms with Gasteiger partial charge in [-0.3, -0.25) is 0 Å². The van der Waals surface area contributed by atoms with E-state index >= 15 is 0 Å². The van der Waals surface area contributed by atoms with E-state index in [4.69, 9.17) is 35.4 Å². The van der Waals surface area contributed by atoms with Crippen molar-refractivity contribution in [1.29, 1.82) is 0 Å². The van der Waals surface area contributed by atoms with Gasteiger partial charge in [0.25, 0.3) is 0 Å². The number of hydrogen-bond acceptors (Lipinski definition) is 1. The highest BCUT2D eigenvalue weighted by molar-refractivity contribution is 7.80. The monoisotopic (exact) mass is 363 g/mol. The molecule has 0 bridgehead atoms. The fourth-order valence-electron chi connectivity index (χ4n) is 2.40. The fraction of sp³-hybridized carbons (Fsp3) is 0.118. The Hall–Kier alpha value is -1.75. The van der Waals surface area contributed by atoms with Gasteiger partial charge in [-0.25, -0.2) is 0 Å². The minimum atomic E-state index is 0.498. The zero-order valence-electron chi connectivity index (χ0n) is 12.2. The van der Waals surface area contributed by atoms with Crippen molar-refractivity contribution in [1.82, 2.24) is 10.3 Å². The molecule has 118 valence electrons. The van der Waals surface area contributed by atoms with E-state index in [-0.39, 0.29) is 0 Å². The summed E-state index contributed by atoms with van der Waals surface area (Å²) in [6, 6.07) is 13.6. The molecule has 1 heterocycles. The number of thiocarbonyl (C=S) groups is 1. The summed E-state index contributed by atoms with van der Waals surface area (Å²) in [7, 11) is 0. The van der Waals surface area contributed by atoms with Gasteiger partial charge in [0.15, 0.2) is 5.11 Å². The number of halogens is 2.